The van der Waals surface area contributed by atoms with Gasteiger partial charge in [-0.15, -0.1) is 0 Å². The maximum Gasteiger partial charge on any atom is 0.338 e. The number of benzene rings is 1. The van der Waals surface area contributed by atoms with E-state index in [0.717, 1.165) is 0 Å². The van der Waals surface area contributed by atoms with Crippen molar-refractivity contribution in [3.8, 4) is 0 Å². The minimum Gasteiger partial charge on any atom is -0.459 e. The van der Waals surface area contributed by atoms with Crippen LogP contribution in [0.3, 0.4) is 0 Å². The Morgan fingerprint density at radius 1 is 1.44 bits per heavy atom. The highest BCUT2D eigenvalue weighted by molar-refractivity contribution is 5.91. The van der Waals surface area contributed by atoms with Crippen molar-refractivity contribution in [1.29, 1.82) is 0 Å². The molecule has 0 bridgehead atoms. The third-order valence-corrected chi connectivity index (χ3v) is 1.93. The summed E-state index contributed by atoms with van der Waals surface area (Å²) >= 11 is 0. The number of carbonyl (C=O) groups excluding carboxylic acids is 1. The maximum absolute atomic E-state index is 13.0. The van der Waals surface area contributed by atoms with Crippen LogP contribution in [0.25, 0.3) is 0 Å². The normalized spacial score (nSPS) is 10.6. The molecule has 0 aliphatic rings. The number of hydrogen-bond donors (Lipinski definition) is 0. The van der Waals surface area contributed by atoms with Gasteiger partial charge in [-0.1, -0.05) is 6.07 Å². The lowest BCUT2D eigenvalue weighted by Gasteiger charge is -2.11. The Kier molecular flexibility index (Phi) is 4.43. The van der Waals surface area contributed by atoms with Crippen molar-refractivity contribution >= 4 is 5.97 Å². The summed E-state index contributed by atoms with van der Waals surface area (Å²) in [5.74, 6) is -0.989. The highest BCUT2D eigenvalue weighted by Gasteiger charge is 2.15. The first kappa shape index (κ1) is 12.6. The summed E-state index contributed by atoms with van der Waals surface area (Å²) in [6.45, 7) is 3.74. The molecule has 0 spiro atoms. The van der Waals surface area contributed by atoms with Gasteiger partial charge in [0.05, 0.1) is 18.3 Å². The lowest BCUT2D eigenvalue weighted by atomic mass is 10.1. The van der Waals surface area contributed by atoms with Crippen molar-refractivity contribution in [3.05, 3.63) is 35.1 Å². The molecule has 1 aromatic rings. The first-order valence-electron chi connectivity index (χ1n) is 5.03. The van der Waals surface area contributed by atoms with Gasteiger partial charge in [0.1, 0.15) is 5.82 Å². The van der Waals surface area contributed by atoms with E-state index in [1.807, 2.05) is 0 Å². The van der Waals surface area contributed by atoms with E-state index in [1.165, 1.54) is 25.3 Å². The average Bonchev–Trinajstić information content (AvgIpc) is 2.20. The average molecular weight is 226 g/mol. The Morgan fingerprint density at radius 2 is 2.12 bits per heavy atom. The van der Waals surface area contributed by atoms with E-state index >= 15 is 0 Å². The molecular formula is C12H15FO3. The largest absolute Gasteiger partial charge is 0.459 e. The number of halogens is 1. The van der Waals surface area contributed by atoms with Crippen LogP contribution in [0, 0.1) is 5.82 Å². The number of esters is 1. The van der Waals surface area contributed by atoms with Crippen LogP contribution in [0.5, 0.6) is 0 Å². The first-order chi connectivity index (χ1) is 7.54. The van der Waals surface area contributed by atoms with Crippen LogP contribution >= 0.6 is 0 Å². The van der Waals surface area contributed by atoms with E-state index in [-0.39, 0.29) is 18.3 Å². The number of carbonyl (C=O) groups is 1. The molecule has 0 aliphatic carbocycles. The standard InChI is InChI=1S/C12H15FO3/c1-8(2)16-12(14)11-6-10(13)5-4-9(11)7-15-3/h4-6,8H,7H2,1-3H3. The fourth-order valence-corrected chi connectivity index (χ4v) is 1.30. The second-order valence-electron chi connectivity index (χ2n) is 3.69. The summed E-state index contributed by atoms with van der Waals surface area (Å²) in [6.07, 6.45) is -0.230. The molecule has 0 heterocycles. The van der Waals surface area contributed by atoms with Crippen LogP contribution in [-0.4, -0.2) is 19.2 Å². The summed E-state index contributed by atoms with van der Waals surface area (Å²) in [6, 6.07) is 3.98. The number of rotatable bonds is 4. The van der Waals surface area contributed by atoms with E-state index in [4.69, 9.17) is 9.47 Å². The minimum atomic E-state index is -0.526. The maximum atomic E-state index is 13.0. The summed E-state index contributed by atoms with van der Waals surface area (Å²) < 4.78 is 23.0. The highest BCUT2D eigenvalue weighted by atomic mass is 19.1. The van der Waals surface area contributed by atoms with E-state index in [1.54, 1.807) is 13.8 Å². The van der Waals surface area contributed by atoms with E-state index < -0.39 is 11.8 Å². The Balaban J connectivity index is 2.99. The van der Waals surface area contributed by atoms with Crippen LogP contribution in [0.2, 0.25) is 0 Å². The van der Waals surface area contributed by atoms with Crippen LogP contribution in [-0.2, 0) is 16.1 Å². The molecule has 0 amide bonds. The zero-order chi connectivity index (χ0) is 12.1. The van der Waals surface area contributed by atoms with Crippen molar-refractivity contribution in [2.75, 3.05) is 7.11 Å². The van der Waals surface area contributed by atoms with Crippen molar-refractivity contribution in [1.82, 2.24) is 0 Å². The van der Waals surface area contributed by atoms with Gasteiger partial charge in [0.25, 0.3) is 0 Å². The molecule has 0 aromatic heterocycles. The molecule has 1 rings (SSSR count). The third-order valence-electron chi connectivity index (χ3n) is 1.93. The summed E-state index contributed by atoms with van der Waals surface area (Å²) in [5.41, 5.74) is 0.838. The predicted octanol–water partition coefficient (Wildman–Crippen LogP) is 2.54. The molecule has 0 radical (unpaired) electrons. The zero-order valence-corrected chi connectivity index (χ0v) is 9.62. The zero-order valence-electron chi connectivity index (χ0n) is 9.62. The van der Waals surface area contributed by atoms with Gasteiger partial charge in [-0.3, -0.25) is 0 Å². The Hall–Kier alpha value is -1.42. The van der Waals surface area contributed by atoms with Gasteiger partial charge in [-0.2, -0.15) is 0 Å². The van der Waals surface area contributed by atoms with E-state index in [9.17, 15) is 9.18 Å². The fourth-order valence-electron chi connectivity index (χ4n) is 1.30. The summed E-state index contributed by atoms with van der Waals surface area (Å²) in [4.78, 5) is 11.7. The topological polar surface area (TPSA) is 35.5 Å². The van der Waals surface area contributed by atoms with E-state index in [2.05, 4.69) is 0 Å². The van der Waals surface area contributed by atoms with Crippen molar-refractivity contribution < 1.29 is 18.7 Å². The number of hydrogen-bond acceptors (Lipinski definition) is 3. The Bertz CT molecular complexity index is 375. The molecule has 0 N–H and O–H groups in total. The van der Waals surface area contributed by atoms with E-state index in [0.29, 0.717) is 5.56 Å². The molecule has 0 saturated heterocycles. The van der Waals surface area contributed by atoms with Crippen molar-refractivity contribution in [3.63, 3.8) is 0 Å². The molecule has 0 atom stereocenters. The molecule has 88 valence electrons. The van der Waals surface area contributed by atoms with Gasteiger partial charge in [-0.25, -0.2) is 9.18 Å². The second kappa shape index (κ2) is 5.61. The highest BCUT2D eigenvalue weighted by Crippen LogP contribution is 2.14. The summed E-state index contributed by atoms with van der Waals surface area (Å²) in [5, 5.41) is 0. The number of ether oxygens (including phenoxy) is 2. The molecular weight excluding hydrogens is 211 g/mol. The van der Waals surface area contributed by atoms with Crippen LogP contribution in [0.4, 0.5) is 4.39 Å². The number of methoxy groups -OCH3 is 1. The summed E-state index contributed by atoms with van der Waals surface area (Å²) in [7, 11) is 1.51. The lowest BCUT2D eigenvalue weighted by Crippen LogP contribution is -2.14. The first-order valence-corrected chi connectivity index (χ1v) is 5.03. The van der Waals surface area contributed by atoms with Gasteiger partial charge in [-0.05, 0) is 31.5 Å². The third kappa shape index (κ3) is 3.31. The molecule has 16 heavy (non-hydrogen) atoms. The van der Waals surface area contributed by atoms with Gasteiger partial charge >= 0.3 is 5.97 Å². The van der Waals surface area contributed by atoms with Crippen LogP contribution < -0.4 is 0 Å². The molecule has 0 unspecified atom stereocenters. The van der Waals surface area contributed by atoms with Gasteiger partial charge < -0.3 is 9.47 Å². The second-order valence-corrected chi connectivity index (χ2v) is 3.69. The molecule has 4 heteroatoms. The Morgan fingerprint density at radius 3 is 2.69 bits per heavy atom. The quantitative estimate of drug-likeness (QED) is 0.740. The molecule has 1 aromatic carbocycles. The van der Waals surface area contributed by atoms with Crippen LogP contribution in [0.1, 0.15) is 29.8 Å². The van der Waals surface area contributed by atoms with Crippen molar-refractivity contribution in [2.45, 2.75) is 26.6 Å². The van der Waals surface area contributed by atoms with Gasteiger partial charge in [0.2, 0.25) is 0 Å². The SMILES string of the molecule is COCc1ccc(F)cc1C(=O)OC(C)C. The minimum absolute atomic E-state index is 0.218. The Labute approximate surface area is 94.2 Å². The molecule has 3 nitrogen and oxygen atoms in total. The monoisotopic (exact) mass is 226 g/mol. The fraction of sp³-hybridized carbons (Fsp3) is 0.417. The van der Waals surface area contributed by atoms with Gasteiger partial charge in [0, 0.05) is 7.11 Å². The van der Waals surface area contributed by atoms with Gasteiger partial charge in [0.15, 0.2) is 0 Å². The van der Waals surface area contributed by atoms with Crippen LogP contribution in [0.15, 0.2) is 18.2 Å². The molecule has 0 fully saturated rings. The van der Waals surface area contributed by atoms with Crippen molar-refractivity contribution in [2.24, 2.45) is 0 Å². The molecule has 0 aliphatic heterocycles. The predicted molar refractivity (Wildman–Crippen MR) is 57.7 cm³/mol. The molecule has 0 saturated carbocycles. The smallest absolute Gasteiger partial charge is 0.338 e. The lowest BCUT2D eigenvalue weighted by molar-refractivity contribution is 0.0373.